The van der Waals surface area contributed by atoms with Gasteiger partial charge >= 0.3 is 5.97 Å². The average molecular weight is 474 g/mol. The summed E-state index contributed by atoms with van der Waals surface area (Å²) in [6, 6.07) is 7.53. The van der Waals surface area contributed by atoms with Crippen LogP contribution in [-0.4, -0.2) is 42.7 Å². The molecule has 0 amide bonds. The van der Waals surface area contributed by atoms with Crippen molar-refractivity contribution in [1.29, 1.82) is 0 Å². The summed E-state index contributed by atoms with van der Waals surface area (Å²) < 4.78 is 33.8. The van der Waals surface area contributed by atoms with Crippen molar-refractivity contribution in [2.45, 2.75) is 45.1 Å². The van der Waals surface area contributed by atoms with E-state index >= 15 is 0 Å². The molecule has 0 aliphatic heterocycles. The van der Waals surface area contributed by atoms with Crippen LogP contribution in [0.2, 0.25) is 0 Å². The van der Waals surface area contributed by atoms with Crippen molar-refractivity contribution in [2.75, 3.05) is 13.7 Å². The van der Waals surface area contributed by atoms with Gasteiger partial charge < -0.3 is 9.84 Å². The summed E-state index contributed by atoms with van der Waals surface area (Å²) in [6.45, 7) is 5.02. The highest BCUT2D eigenvalue weighted by molar-refractivity contribution is 7.89. The molecule has 0 saturated carbocycles. The SMILES string of the molecule is CCCCOC(=O)c1c(C)cc2nc(CO)n(-c3ccccc3S(=O)(=O)NC)c(=O)c2c1C. The molecule has 176 valence electrons. The maximum atomic E-state index is 13.7. The molecule has 0 spiro atoms. The van der Waals surface area contributed by atoms with Crippen LogP contribution >= 0.6 is 0 Å². The normalized spacial score (nSPS) is 11.7. The number of hydrogen-bond acceptors (Lipinski definition) is 7. The second-order valence-electron chi connectivity index (χ2n) is 7.58. The molecule has 0 atom stereocenters. The molecule has 0 fully saturated rings. The molecule has 10 heteroatoms. The fourth-order valence-electron chi connectivity index (χ4n) is 3.77. The van der Waals surface area contributed by atoms with Crippen molar-refractivity contribution in [2.24, 2.45) is 0 Å². The Morgan fingerprint density at radius 2 is 1.94 bits per heavy atom. The van der Waals surface area contributed by atoms with Gasteiger partial charge in [0.25, 0.3) is 5.56 Å². The van der Waals surface area contributed by atoms with E-state index in [4.69, 9.17) is 4.74 Å². The van der Waals surface area contributed by atoms with Crippen LogP contribution in [-0.2, 0) is 21.4 Å². The maximum absolute atomic E-state index is 13.7. The lowest BCUT2D eigenvalue weighted by atomic mass is 9.98. The van der Waals surface area contributed by atoms with Crippen molar-refractivity contribution in [3.05, 3.63) is 63.2 Å². The summed E-state index contributed by atoms with van der Waals surface area (Å²) in [6.07, 6.45) is 1.60. The molecular formula is C23H27N3O6S. The van der Waals surface area contributed by atoms with Gasteiger partial charge in [-0.3, -0.25) is 9.36 Å². The van der Waals surface area contributed by atoms with Crippen molar-refractivity contribution in [3.63, 3.8) is 0 Å². The molecule has 1 aromatic heterocycles. The molecule has 9 nitrogen and oxygen atoms in total. The summed E-state index contributed by atoms with van der Waals surface area (Å²) in [5, 5.41) is 10.1. The molecule has 0 aliphatic rings. The summed E-state index contributed by atoms with van der Waals surface area (Å²) >= 11 is 0. The van der Waals surface area contributed by atoms with Crippen molar-refractivity contribution in [3.8, 4) is 5.69 Å². The van der Waals surface area contributed by atoms with Crippen LogP contribution in [0.1, 0.15) is 47.1 Å². The first-order valence-corrected chi connectivity index (χ1v) is 12.0. The molecule has 0 saturated heterocycles. The number of para-hydroxylation sites is 1. The molecule has 0 aliphatic carbocycles. The van der Waals surface area contributed by atoms with E-state index in [0.717, 1.165) is 17.4 Å². The smallest absolute Gasteiger partial charge is 0.338 e. The number of unbranched alkanes of at least 4 members (excludes halogenated alkanes) is 1. The zero-order valence-electron chi connectivity index (χ0n) is 19.0. The third-order valence-corrected chi connectivity index (χ3v) is 6.88. The quantitative estimate of drug-likeness (QED) is 0.380. The molecule has 33 heavy (non-hydrogen) atoms. The summed E-state index contributed by atoms with van der Waals surface area (Å²) in [4.78, 5) is 30.7. The van der Waals surface area contributed by atoms with Gasteiger partial charge in [-0.15, -0.1) is 0 Å². The van der Waals surface area contributed by atoms with Crippen LogP contribution in [0, 0.1) is 13.8 Å². The zero-order chi connectivity index (χ0) is 24.3. The lowest BCUT2D eigenvalue weighted by Crippen LogP contribution is -2.28. The number of esters is 1. The standard InChI is InChI=1S/C23H27N3O6S/c1-5-6-11-32-23(29)20-14(2)12-16-21(15(20)3)22(28)26(19(13-27)25-16)17-9-7-8-10-18(17)33(30,31)24-4/h7-10,12,24,27H,5-6,11,13H2,1-4H3. The number of nitrogens with zero attached hydrogens (tertiary/aromatic N) is 2. The molecule has 3 aromatic rings. The highest BCUT2D eigenvalue weighted by atomic mass is 32.2. The van der Waals surface area contributed by atoms with E-state index in [1.807, 2.05) is 6.92 Å². The van der Waals surface area contributed by atoms with E-state index in [1.54, 1.807) is 26.0 Å². The fourth-order valence-corrected chi connectivity index (χ4v) is 4.68. The van der Waals surface area contributed by atoms with Crippen LogP contribution in [0.5, 0.6) is 0 Å². The van der Waals surface area contributed by atoms with Gasteiger partial charge in [-0.25, -0.2) is 22.9 Å². The minimum absolute atomic E-state index is 0.0247. The van der Waals surface area contributed by atoms with Gasteiger partial charge in [0.1, 0.15) is 17.3 Å². The first-order valence-electron chi connectivity index (χ1n) is 10.5. The topological polar surface area (TPSA) is 128 Å². The molecule has 1 heterocycles. The Labute approximate surface area is 192 Å². The van der Waals surface area contributed by atoms with Crippen LogP contribution in [0.4, 0.5) is 0 Å². The molecule has 0 unspecified atom stereocenters. The number of carbonyl (C=O) groups excluding carboxylic acids is 1. The fraction of sp³-hybridized carbons (Fsp3) is 0.348. The largest absolute Gasteiger partial charge is 0.462 e. The first-order chi connectivity index (χ1) is 15.7. The number of ether oxygens (including phenoxy) is 1. The number of aryl methyl sites for hydroxylation is 2. The minimum Gasteiger partial charge on any atom is -0.462 e. The Kier molecular flexibility index (Phi) is 7.31. The average Bonchev–Trinajstić information content (AvgIpc) is 2.78. The maximum Gasteiger partial charge on any atom is 0.338 e. The molecule has 0 bridgehead atoms. The Morgan fingerprint density at radius 1 is 1.24 bits per heavy atom. The number of nitrogens with one attached hydrogen (secondary N) is 1. The Morgan fingerprint density at radius 3 is 2.58 bits per heavy atom. The number of sulfonamides is 1. The van der Waals surface area contributed by atoms with E-state index in [0.29, 0.717) is 16.6 Å². The minimum atomic E-state index is -3.92. The summed E-state index contributed by atoms with van der Waals surface area (Å²) in [7, 11) is -2.65. The van der Waals surface area contributed by atoms with E-state index < -0.39 is 28.2 Å². The highest BCUT2D eigenvalue weighted by Gasteiger charge is 2.24. The first kappa shape index (κ1) is 24.6. The van der Waals surface area contributed by atoms with Gasteiger partial charge in [0.2, 0.25) is 10.0 Å². The number of aliphatic hydroxyl groups excluding tert-OH is 1. The predicted octanol–water partition coefficient (Wildman–Crippen LogP) is 2.36. The van der Waals surface area contributed by atoms with Gasteiger partial charge in [-0.05, 0) is 56.6 Å². The highest BCUT2D eigenvalue weighted by Crippen LogP contribution is 2.26. The molecule has 2 aromatic carbocycles. The van der Waals surface area contributed by atoms with Gasteiger partial charge in [-0.2, -0.15) is 0 Å². The predicted molar refractivity (Wildman–Crippen MR) is 124 cm³/mol. The van der Waals surface area contributed by atoms with Crippen LogP contribution < -0.4 is 10.3 Å². The lowest BCUT2D eigenvalue weighted by molar-refractivity contribution is 0.0498. The number of benzene rings is 2. The third kappa shape index (κ3) is 4.54. The zero-order valence-corrected chi connectivity index (χ0v) is 19.8. The Hall–Kier alpha value is -3.08. The number of rotatable bonds is 8. The monoisotopic (exact) mass is 473 g/mol. The van der Waals surface area contributed by atoms with Gasteiger partial charge in [0, 0.05) is 0 Å². The number of aliphatic hydroxyl groups is 1. The van der Waals surface area contributed by atoms with Crippen molar-refractivity contribution in [1.82, 2.24) is 14.3 Å². The van der Waals surface area contributed by atoms with E-state index in [9.17, 15) is 23.1 Å². The number of carbonyl (C=O) groups is 1. The van der Waals surface area contributed by atoms with E-state index in [1.165, 1.54) is 25.2 Å². The van der Waals surface area contributed by atoms with Gasteiger partial charge in [0.05, 0.1) is 28.8 Å². The second-order valence-corrected chi connectivity index (χ2v) is 9.43. The molecule has 3 rings (SSSR count). The third-order valence-electron chi connectivity index (χ3n) is 5.42. The van der Waals surface area contributed by atoms with Gasteiger partial charge in [0.15, 0.2) is 0 Å². The summed E-state index contributed by atoms with van der Waals surface area (Å²) in [5.41, 5.74) is 1.00. The second kappa shape index (κ2) is 9.82. The summed E-state index contributed by atoms with van der Waals surface area (Å²) in [5.74, 6) is -0.556. The Balaban J connectivity index is 2.35. The van der Waals surface area contributed by atoms with Crippen LogP contribution in [0.15, 0.2) is 40.0 Å². The molecular weight excluding hydrogens is 446 g/mol. The number of fused-ring (bicyclic) bond motifs is 1. The molecule has 0 radical (unpaired) electrons. The number of aromatic nitrogens is 2. The van der Waals surface area contributed by atoms with Gasteiger partial charge in [-0.1, -0.05) is 25.5 Å². The van der Waals surface area contributed by atoms with Crippen molar-refractivity contribution < 1.29 is 23.1 Å². The van der Waals surface area contributed by atoms with Crippen LogP contribution in [0.25, 0.3) is 16.6 Å². The van der Waals surface area contributed by atoms with Crippen LogP contribution in [0.3, 0.4) is 0 Å². The van der Waals surface area contributed by atoms with E-state index in [2.05, 4.69) is 9.71 Å². The Bertz CT molecular complexity index is 1380. The molecule has 2 N–H and O–H groups in total. The van der Waals surface area contributed by atoms with Crippen molar-refractivity contribution >= 4 is 26.9 Å². The lowest BCUT2D eigenvalue weighted by Gasteiger charge is -2.18. The number of hydrogen-bond donors (Lipinski definition) is 2. The van der Waals surface area contributed by atoms with E-state index in [-0.39, 0.29) is 34.0 Å².